The van der Waals surface area contributed by atoms with Crippen molar-refractivity contribution in [1.29, 1.82) is 0 Å². The molecule has 4 rings (SSSR count). The van der Waals surface area contributed by atoms with Crippen LogP contribution in [0, 0.1) is 0 Å². The molecule has 1 aromatic heterocycles. The molecule has 29 heavy (non-hydrogen) atoms. The first kappa shape index (κ1) is 19.2. The van der Waals surface area contributed by atoms with Crippen molar-refractivity contribution in [2.75, 3.05) is 11.2 Å². The Kier molecular flexibility index (Phi) is 5.58. The standard InChI is InChI=1S/C23H19ClN2O3/c24-13-21(27)26-17-7-11-22(25-14-17)29-18-8-10-20-16(12-18)6-9-19(23(20)28)15-4-2-1-3-5-15/h1-5,7-8,10-12,14,19H,6,9,13H2,(H,26,27). The van der Waals surface area contributed by atoms with E-state index in [1.165, 1.54) is 6.20 Å². The Bertz CT molecular complexity index is 1040. The minimum absolute atomic E-state index is 0.0899. The van der Waals surface area contributed by atoms with Crippen molar-refractivity contribution >= 4 is 29.0 Å². The number of aromatic nitrogens is 1. The third-order valence-corrected chi connectivity index (χ3v) is 5.17. The van der Waals surface area contributed by atoms with Crippen molar-refractivity contribution in [3.8, 4) is 11.6 Å². The van der Waals surface area contributed by atoms with Crippen LogP contribution in [-0.4, -0.2) is 22.6 Å². The van der Waals surface area contributed by atoms with E-state index in [-0.39, 0.29) is 23.5 Å². The lowest BCUT2D eigenvalue weighted by molar-refractivity contribution is -0.113. The highest BCUT2D eigenvalue weighted by Gasteiger charge is 2.28. The lowest BCUT2D eigenvalue weighted by Gasteiger charge is -2.24. The zero-order valence-corrected chi connectivity index (χ0v) is 16.4. The minimum Gasteiger partial charge on any atom is -0.439 e. The number of rotatable bonds is 5. The summed E-state index contributed by atoms with van der Waals surface area (Å²) in [6.45, 7) is 0. The summed E-state index contributed by atoms with van der Waals surface area (Å²) in [5.41, 5.74) is 3.36. The molecule has 1 unspecified atom stereocenters. The van der Waals surface area contributed by atoms with Gasteiger partial charge in [0.1, 0.15) is 11.6 Å². The number of hydrogen-bond acceptors (Lipinski definition) is 4. The highest BCUT2D eigenvalue weighted by molar-refractivity contribution is 6.29. The molecule has 1 N–H and O–H groups in total. The molecule has 2 aromatic carbocycles. The average Bonchev–Trinajstić information content (AvgIpc) is 2.76. The molecule has 0 spiro atoms. The second kappa shape index (κ2) is 8.45. The number of Topliss-reactive ketones (excluding diaryl/α,β-unsaturated/α-hetero) is 1. The van der Waals surface area contributed by atoms with E-state index in [0.717, 1.165) is 29.5 Å². The van der Waals surface area contributed by atoms with Crippen LogP contribution in [0.1, 0.15) is 33.8 Å². The Morgan fingerprint density at radius 3 is 2.69 bits per heavy atom. The normalized spacial score (nSPS) is 15.5. The van der Waals surface area contributed by atoms with Gasteiger partial charge in [0.15, 0.2) is 5.78 Å². The fraction of sp³-hybridized carbons (Fsp3) is 0.174. The third-order valence-electron chi connectivity index (χ3n) is 4.93. The summed E-state index contributed by atoms with van der Waals surface area (Å²) in [6.07, 6.45) is 3.10. The number of ether oxygens (including phenoxy) is 1. The van der Waals surface area contributed by atoms with E-state index in [0.29, 0.717) is 17.3 Å². The Morgan fingerprint density at radius 2 is 1.97 bits per heavy atom. The van der Waals surface area contributed by atoms with Gasteiger partial charge in [0.25, 0.3) is 0 Å². The molecule has 0 bridgehead atoms. The van der Waals surface area contributed by atoms with Gasteiger partial charge in [-0.25, -0.2) is 4.98 Å². The molecule has 5 nitrogen and oxygen atoms in total. The van der Waals surface area contributed by atoms with Crippen LogP contribution in [-0.2, 0) is 11.2 Å². The van der Waals surface area contributed by atoms with Gasteiger partial charge in [-0.3, -0.25) is 9.59 Å². The lowest BCUT2D eigenvalue weighted by Crippen LogP contribution is -2.20. The summed E-state index contributed by atoms with van der Waals surface area (Å²) in [7, 11) is 0. The van der Waals surface area contributed by atoms with Crippen molar-refractivity contribution in [2.45, 2.75) is 18.8 Å². The molecule has 0 fully saturated rings. The van der Waals surface area contributed by atoms with Crippen LogP contribution in [0.5, 0.6) is 11.6 Å². The number of nitrogens with one attached hydrogen (secondary N) is 1. The van der Waals surface area contributed by atoms with E-state index in [9.17, 15) is 9.59 Å². The summed E-state index contributed by atoms with van der Waals surface area (Å²) >= 11 is 5.47. The first-order chi connectivity index (χ1) is 14.1. The number of halogens is 1. The minimum atomic E-state index is -0.296. The summed E-state index contributed by atoms with van der Waals surface area (Å²) in [4.78, 5) is 28.4. The van der Waals surface area contributed by atoms with Gasteiger partial charge in [0, 0.05) is 17.5 Å². The molecule has 0 aliphatic heterocycles. The molecule has 1 aliphatic rings. The maximum atomic E-state index is 12.9. The summed E-state index contributed by atoms with van der Waals surface area (Å²) in [5.74, 6) is 0.680. The fourth-order valence-electron chi connectivity index (χ4n) is 3.53. The first-order valence-corrected chi connectivity index (χ1v) is 9.89. The number of aryl methyl sites for hydroxylation is 1. The predicted octanol–water partition coefficient (Wildman–Crippen LogP) is 4.96. The van der Waals surface area contributed by atoms with Gasteiger partial charge in [0.05, 0.1) is 11.9 Å². The Morgan fingerprint density at radius 1 is 1.14 bits per heavy atom. The number of carbonyl (C=O) groups excluding carboxylic acids is 2. The molecule has 0 saturated heterocycles. The number of amides is 1. The summed E-state index contributed by atoms with van der Waals surface area (Å²) in [6, 6.07) is 18.8. The predicted molar refractivity (Wildman–Crippen MR) is 112 cm³/mol. The maximum Gasteiger partial charge on any atom is 0.239 e. The van der Waals surface area contributed by atoms with E-state index in [1.54, 1.807) is 18.2 Å². The van der Waals surface area contributed by atoms with Crippen LogP contribution in [0.2, 0.25) is 0 Å². The number of alkyl halides is 1. The lowest BCUT2D eigenvalue weighted by atomic mass is 9.79. The molecule has 1 amide bonds. The molecule has 3 aromatic rings. The van der Waals surface area contributed by atoms with Crippen molar-refractivity contribution in [2.24, 2.45) is 0 Å². The number of anilines is 1. The quantitative estimate of drug-likeness (QED) is 0.608. The zero-order valence-electron chi connectivity index (χ0n) is 15.6. The SMILES string of the molecule is O=C(CCl)Nc1ccc(Oc2ccc3c(c2)CCC(c2ccccc2)C3=O)nc1. The molecule has 6 heteroatoms. The van der Waals surface area contributed by atoms with E-state index in [4.69, 9.17) is 16.3 Å². The molecule has 1 aliphatic carbocycles. The number of benzene rings is 2. The van der Waals surface area contributed by atoms with Crippen molar-refractivity contribution in [3.05, 3.63) is 83.6 Å². The Labute approximate surface area is 173 Å². The van der Waals surface area contributed by atoms with Gasteiger partial charge in [0.2, 0.25) is 11.8 Å². The molecule has 1 atom stereocenters. The van der Waals surface area contributed by atoms with Gasteiger partial charge >= 0.3 is 0 Å². The number of carbonyl (C=O) groups is 2. The van der Waals surface area contributed by atoms with Crippen LogP contribution in [0.3, 0.4) is 0 Å². The first-order valence-electron chi connectivity index (χ1n) is 9.36. The molecule has 1 heterocycles. The van der Waals surface area contributed by atoms with Crippen molar-refractivity contribution in [3.63, 3.8) is 0 Å². The summed E-state index contributed by atoms with van der Waals surface area (Å²) in [5, 5.41) is 2.62. The largest absolute Gasteiger partial charge is 0.439 e. The van der Waals surface area contributed by atoms with Crippen LogP contribution >= 0.6 is 11.6 Å². The molecule has 146 valence electrons. The molecule has 0 saturated carbocycles. The van der Waals surface area contributed by atoms with Crippen LogP contribution in [0.25, 0.3) is 0 Å². The third kappa shape index (κ3) is 4.30. The highest BCUT2D eigenvalue weighted by Crippen LogP contribution is 2.35. The van der Waals surface area contributed by atoms with Crippen molar-refractivity contribution in [1.82, 2.24) is 4.98 Å². The number of fused-ring (bicyclic) bond motifs is 1. The Balaban J connectivity index is 1.48. The monoisotopic (exact) mass is 406 g/mol. The van der Waals surface area contributed by atoms with Crippen LogP contribution in [0.4, 0.5) is 5.69 Å². The van der Waals surface area contributed by atoms with Crippen LogP contribution < -0.4 is 10.1 Å². The zero-order chi connectivity index (χ0) is 20.2. The van der Waals surface area contributed by atoms with E-state index in [2.05, 4.69) is 10.3 Å². The maximum absolute atomic E-state index is 12.9. The topological polar surface area (TPSA) is 68.3 Å². The van der Waals surface area contributed by atoms with Gasteiger partial charge in [-0.2, -0.15) is 0 Å². The van der Waals surface area contributed by atoms with Gasteiger partial charge in [-0.1, -0.05) is 30.3 Å². The molecular formula is C23H19ClN2O3. The van der Waals surface area contributed by atoms with Crippen molar-refractivity contribution < 1.29 is 14.3 Å². The summed E-state index contributed by atoms with van der Waals surface area (Å²) < 4.78 is 5.82. The van der Waals surface area contributed by atoms with Gasteiger partial charge in [-0.15, -0.1) is 11.6 Å². The number of hydrogen-bond donors (Lipinski definition) is 1. The Hall–Kier alpha value is -3.18. The van der Waals surface area contributed by atoms with E-state index in [1.807, 2.05) is 42.5 Å². The fourth-order valence-corrected chi connectivity index (χ4v) is 3.60. The van der Waals surface area contributed by atoms with E-state index >= 15 is 0 Å². The van der Waals surface area contributed by atoms with Crippen LogP contribution in [0.15, 0.2) is 66.9 Å². The highest BCUT2D eigenvalue weighted by atomic mass is 35.5. The molecule has 0 radical (unpaired) electrons. The molecular weight excluding hydrogens is 388 g/mol. The number of ketones is 1. The number of nitrogens with zero attached hydrogens (tertiary/aromatic N) is 1. The van der Waals surface area contributed by atoms with Gasteiger partial charge < -0.3 is 10.1 Å². The second-order valence-electron chi connectivity index (χ2n) is 6.85. The average molecular weight is 407 g/mol. The van der Waals surface area contributed by atoms with E-state index < -0.39 is 0 Å². The van der Waals surface area contributed by atoms with Gasteiger partial charge in [-0.05, 0) is 48.2 Å². The number of pyridine rings is 1. The smallest absolute Gasteiger partial charge is 0.239 e. The second-order valence-corrected chi connectivity index (χ2v) is 7.12.